The maximum Gasteiger partial charge on any atom is 0.337 e. The Morgan fingerprint density at radius 3 is 2.41 bits per heavy atom. The van der Waals surface area contributed by atoms with Crippen LogP contribution in [0.2, 0.25) is 5.02 Å². The van der Waals surface area contributed by atoms with Crippen LogP contribution in [-0.4, -0.2) is 31.7 Å². The molecule has 0 aromatic heterocycles. The van der Waals surface area contributed by atoms with Crippen molar-refractivity contribution < 1.29 is 22.3 Å². The van der Waals surface area contributed by atoms with Crippen molar-refractivity contribution in [3.63, 3.8) is 0 Å². The third-order valence-corrected chi connectivity index (χ3v) is 5.35. The number of thiol groups is 1. The van der Waals surface area contributed by atoms with E-state index in [0.717, 1.165) is 0 Å². The largest absolute Gasteiger partial charge is 0.465 e. The molecule has 146 valence electrons. The Morgan fingerprint density at radius 2 is 1.89 bits per heavy atom. The van der Waals surface area contributed by atoms with Crippen LogP contribution in [0.1, 0.15) is 33.9 Å². The molecule has 0 amide bonds. The highest BCUT2D eigenvalue weighted by molar-refractivity contribution is 7.69. The minimum Gasteiger partial charge on any atom is -0.465 e. The van der Waals surface area contributed by atoms with E-state index < -0.39 is 28.7 Å². The van der Waals surface area contributed by atoms with Gasteiger partial charge < -0.3 is 4.74 Å². The van der Waals surface area contributed by atoms with Gasteiger partial charge in [0.2, 0.25) is 10.9 Å². The van der Waals surface area contributed by atoms with Crippen molar-refractivity contribution >= 4 is 40.1 Å². The fourth-order valence-electron chi connectivity index (χ4n) is 2.64. The Bertz CT molecular complexity index is 866. The lowest BCUT2D eigenvalue weighted by Crippen LogP contribution is -2.27. The summed E-state index contributed by atoms with van der Waals surface area (Å²) in [5.41, 5.74) is 1.59. The van der Waals surface area contributed by atoms with Crippen LogP contribution in [0.4, 0.5) is 4.39 Å². The average Bonchev–Trinajstić information content (AvgIpc) is 2.66. The monoisotopic (exact) mass is 433 g/mol. The SMILES string of the molecule is COC(=O)c1ccc(CN(C(CCCl)c2ccc(F)c(Cl)c2)[SH](=O)=O)cc1. The summed E-state index contributed by atoms with van der Waals surface area (Å²) < 4.78 is 43.2. The lowest BCUT2D eigenvalue weighted by molar-refractivity contribution is 0.0600. The smallest absolute Gasteiger partial charge is 0.337 e. The normalized spacial score (nSPS) is 12.4. The molecule has 0 bridgehead atoms. The molecular weight excluding hydrogens is 416 g/mol. The Hall–Kier alpha value is -1.67. The summed E-state index contributed by atoms with van der Waals surface area (Å²) in [6.07, 6.45) is 0.326. The summed E-state index contributed by atoms with van der Waals surface area (Å²) in [6, 6.07) is 9.90. The molecule has 2 aromatic carbocycles. The van der Waals surface area contributed by atoms with Gasteiger partial charge in [0.15, 0.2) is 0 Å². The van der Waals surface area contributed by atoms with E-state index in [1.165, 1.54) is 29.6 Å². The van der Waals surface area contributed by atoms with Crippen LogP contribution in [0.15, 0.2) is 42.5 Å². The molecule has 0 saturated heterocycles. The molecule has 9 heteroatoms. The summed E-state index contributed by atoms with van der Waals surface area (Å²) in [5, 5.41) is -0.0874. The molecule has 0 heterocycles. The van der Waals surface area contributed by atoms with Gasteiger partial charge in [0.05, 0.1) is 23.7 Å². The predicted octanol–water partition coefficient (Wildman–Crippen LogP) is 3.96. The number of benzene rings is 2. The van der Waals surface area contributed by atoms with Gasteiger partial charge in [-0.05, 0) is 41.8 Å². The van der Waals surface area contributed by atoms with Gasteiger partial charge in [-0.3, -0.25) is 0 Å². The van der Waals surface area contributed by atoms with Crippen molar-refractivity contribution in [3.8, 4) is 0 Å². The van der Waals surface area contributed by atoms with Crippen molar-refractivity contribution in [2.24, 2.45) is 0 Å². The van der Waals surface area contributed by atoms with Gasteiger partial charge in [-0.25, -0.2) is 17.6 Å². The third-order valence-electron chi connectivity index (χ3n) is 4.00. The highest BCUT2D eigenvalue weighted by Crippen LogP contribution is 2.30. The number of esters is 1. The summed E-state index contributed by atoms with van der Waals surface area (Å²) in [5.74, 6) is -0.851. The Labute approximate surface area is 168 Å². The van der Waals surface area contributed by atoms with Crippen molar-refractivity contribution in [1.29, 1.82) is 0 Å². The van der Waals surface area contributed by atoms with Gasteiger partial charge in [-0.2, -0.15) is 4.31 Å². The minimum atomic E-state index is -2.96. The Morgan fingerprint density at radius 1 is 1.22 bits per heavy atom. The van der Waals surface area contributed by atoms with Gasteiger partial charge >= 0.3 is 5.97 Å². The average molecular weight is 434 g/mol. The number of carbonyl (C=O) groups excluding carboxylic acids is 1. The number of rotatable bonds is 8. The topological polar surface area (TPSA) is 63.7 Å². The molecule has 1 unspecified atom stereocenters. The maximum atomic E-state index is 13.5. The molecule has 0 radical (unpaired) electrons. The first-order valence-electron chi connectivity index (χ1n) is 7.96. The fraction of sp³-hybridized carbons (Fsp3) is 0.278. The molecule has 27 heavy (non-hydrogen) atoms. The second kappa shape index (κ2) is 10.0. The van der Waals surface area contributed by atoms with Crippen molar-refractivity contribution in [2.45, 2.75) is 19.0 Å². The molecule has 2 rings (SSSR count). The third kappa shape index (κ3) is 5.65. The van der Waals surface area contributed by atoms with E-state index >= 15 is 0 Å². The molecule has 0 aliphatic carbocycles. The van der Waals surface area contributed by atoms with E-state index in [0.29, 0.717) is 23.1 Å². The van der Waals surface area contributed by atoms with Crippen LogP contribution in [0.3, 0.4) is 0 Å². The summed E-state index contributed by atoms with van der Waals surface area (Å²) in [6.45, 7) is 0.0662. The van der Waals surface area contributed by atoms with Crippen molar-refractivity contribution in [1.82, 2.24) is 4.31 Å². The molecular formula is C18H18Cl2FNO4S. The second-order valence-corrected chi connectivity index (χ2v) is 7.47. The number of nitrogens with zero attached hydrogens (tertiary/aromatic N) is 1. The molecule has 0 spiro atoms. The van der Waals surface area contributed by atoms with Crippen LogP contribution in [0, 0.1) is 5.82 Å². The van der Waals surface area contributed by atoms with Crippen LogP contribution in [0.5, 0.6) is 0 Å². The number of ether oxygens (including phenoxy) is 1. The second-order valence-electron chi connectivity index (χ2n) is 5.69. The number of carbonyl (C=O) groups is 1. The quantitative estimate of drug-likeness (QED) is 0.388. The van der Waals surface area contributed by atoms with Crippen LogP contribution >= 0.6 is 23.2 Å². The molecule has 0 fully saturated rings. The highest BCUT2D eigenvalue weighted by Gasteiger charge is 2.23. The molecule has 0 saturated carbocycles. The molecule has 1 atom stereocenters. The predicted molar refractivity (Wildman–Crippen MR) is 103 cm³/mol. The number of alkyl halides is 1. The number of methoxy groups -OCH3 is 1. The lowest BCUT2D eigenvalue weighted by Gasteiger charge is -2.27. The van der Waals surface area contributed by atoms with Gasteiger partial charge in [0.1, 0.15) is 5.82 Å². The molecule has 5 nitrogen and oxygen atoms in total. The van der Waals surface area contributed by atoms with Crippen molar-refractivity contribution in [3.05, 3.63) is 70.0 Å². The molecule has 0 N–H and O–H groups in total. The number of hydrogen-bond acceptors (Lipinski definition) is 4. The minimum absolute atomic E-state index is 0.0662. The van der Waals surface area contributed by atoms with E-state index in [9.17, 15) is 17.6 Å². The number of halogens is 3. The van der Waals surface area contributed by atoms with Crippen LogP contribution in [-0.2, 0) is 22.2 Å². The van der Waals surface area contributed by atoms with Crippen molar-refractivity contribution in [2.75, 3.05) is 13.0 Å². The first-order valence-corrected chi connectivity index (χ1v) is 10.0. The van der Waals surface area contributed by atoms with E-state index in [1.807, 2.05) is 0 Å². The standard InChI is InChI=1S/C18H18Cl2FNO4S/c1-26-18(23)13-4-2-12(3-5-13)11-22(27(24)25)17(8-9-19)14-6-7-16(21)15(20)10-14/h2-7,10,17,27H,8-9,11H2,1H3. The zero-order chi connectivity index (χ0) is 20.0. The van der Waals surface area contributed by atoms with Gasteiger partial charge in [-0.1, -0.05) is 29.8 Å². The Kier molecular flexibility index (Phi) is 8.04. The van der Waals surface area contributed by atoms with Gasteiger partial charge in [-0.15, -0.1) is 11.6 Å². The Balaban J connectivity index is 2.32. The van der Waals surface area contributed by atoms with Crippen LogP contribution in [0.25, 0.3) is 0 Å². The first-order chi connectivity index (χ1) is 12.9. The van der Waals surface area contributed by atoms with E-state index in [2.05, 4.69) is 4.74 Å². The fourth-order valence-corrected chi connectivity index (χ4v) is 3.79. The van der Waals surface area contributed by atoms with E-state index in [-0.39, 0.29) is 17.4 Å². The van der Waals surface area contributed by atoms with Crippen LogP contribution < -0.4 is 0 Å². The van der Waals surface area contributed by atoms with Gasteiger partial charge in [0.25, 0.3) is 0 Å². The number of hydrogen-bond donors (Lipinski definition) is 1. The van der Waals surface area contributed by atoms with Gasteiger partial charge in [0, 0.05) is 12.4 Å². The molecule has 0 aliphatic heterocycles. The van der Waals surface area contributed by atoms with E-state index in [4.69, 9.17) is 23.2 Å². The zero-order valence-electron chi connectivity index (χ0n) is 14.4. The summed E-state index contributed by atoms with van der Waals surface area (Å²) in [4.78, 5) is 11.5. The zero-order valence-corrected chi connectivity index (χ0v) is 16.8. The first kappa shape index (κ1) is 21.6. The molecule has 0 aliphatic rings. The molecule has 2 aromatic rings. The maximum absolute atomic E-state index is 13.5. The lowest BCUT2D eigenvalue weighted by atomic mass is 10.0. The summed E-state index contributed by atoms with van der Waals surface area (Å²) in [7, 11) is -1.67. The van der Waals surface area contributed by atoms with E-state index in [1.54, 1.807) is 24.3 Å². The highest BCUT2D eigenvalue weighted by atomic mass is 35.5. The summed E-state index contributed by atoms with van der Waals surface area (Å²) >= 11 is 11.7.